The maximum Gasteiger partial charge on any atom is 0.257 e. The molecule has 0 unspecified atom stereocenters. The van der Waals surface area contributed by atoms with Gasteiger partial charge in [-0.05, 0) is 60.5 Å². The van der Waals surface area contributed by atoms with Crippen molar-refractivity contribution < 1.29 is 17.9 Å². The lowest BCUT2D eigenvalue weighted by molar-refractivity contribution is 0.102. The Balaban J connectivity index is 1.39. The number of ether oxygens (including phenoxy) is 1. The molecule has 8 nitrogen and oxygen atoms in total. The van der Waals surface area contributed by atoms with E-state index in [1.54, 1.807) is 6.07 Å². The van der Waals surface area contributed by atoms with E-state index in [0.29, 0.717) is 37.7 Å². The maximum atomic E-state index is 13.2. The molecule has 34 heavy (non-hydrogen) atoms. The molecule has 2 aliphatic rings. The summed E-state index contributed by atoms with van der Waals surface area (Å²) in [6, 6.07) is 20.4. The number of benzene rings is 3. The van der Waals surface area contributed by atoms with Gasteiger partial charge in [0.1, 0.15) is 0 Å². The Morgan fingerprint density at radius 2 is 1.65 bits per heavy atom. The van der Waals surface area contributed by atoms with E-state index in [0.717, 1.165) is 18.7 Å². The summed E-state index contributed by atoms with van der Waals surface area (Å²) in [6.07, 6.45) is 0.999. The molecule has 0 saturated carbocycles. The van der Waals surface area contributed by atoms with Crippen LogP contribution >= 0.6 is 0 Å². The highest BCUT2D eigenvalue weighted by Gasteiger charge is 2.23. The summed E-state index contributed by atoms with van der Waals surface area (Å²) in [5.74, 6) is -0.397. The van der Waals surface area contributed by atoms with E-state index in [1.165, 1.54) is 23.4 Å². The minimum atomic E-state index is -3.95. The van der Waals surface area contributed by atoms with Gasteiger partial charge in [-0.25, -0.2) is 13.6 Å². The molecular weight excluding hydrogens is 452 g/mol. The molecule has 2 heterocycles. The number of fused-ring (bicyclic) bond motifs is 1. The number of hydrogen-bond donors (Lipinski definition) is 2. The second-order valence-electron chi connectivity index (χ2n) is 8.35. The average Bonchev–Trinajstić information content (AvgIpc) is 3.28. The van der Waals surface area contributed by atoms with Crippen molar-refractivity contribution in [3.63, 3.8) is 0 Å². The minimum absolute atomic E-state index is 0.0993. The van der Waals surface area contributed by atoms with E-state index >= 15 is 0 Å². The summed E-state index contributed by atoms with van der Waals surface area (Å²) >= 11 is 0. The number of nitrogens with one attached hydrogen (secondary N) is 1. The number of amides is 1. The van der Waals surface area contributed by atoms with E-state index in [2.05, 4.69) is 28.4 Å². The molecule has 5 rings (SSSR count). The highest BCUT2D eigenvalue weighted by molar-refractivity contribution is 7.89. The first-order valence-corrected chi connectivity index (χ1v) is 12.7. The number of para-hydroxylation sites is 1. The van der Waals surface area contributed by atoms with Crippen LogP contribution < -0.4 is 20.3 Å². The average molecular weight is 479 g/mol. The Kier molecular flexibility index (Phi) is 5.99. The van der Waals surface area contributed by atoms with Crippen LogP contribution in [0.2, 0.25) is 0 Å². The van der Waals surface area contributed by atoms with E-state index < -0.39 is 15.9 Å². The zero-order chi connectivity index (χ0) is 23.7. The molecule has 0 radical (unpaired) electrons. The fourth-order valence-corrected chi connectivity index (χ4v) is 5.02. The van der Waals surface area contributed by atoms with Crippen LogP contribution in [-0.4, -0.2) is 47.2 Å². The highest BCUT2D eigenvalue weighted by atomic mass is 32.2. The van der Waals surface area contributed by atoms with Gasteiger partial charge in [-0.1, -0.05) is 18.2 Å². The number of carbonyl (C=O) groups excluding carboxylic acids is 1. The maximum absolute atomic E-state index is 13.2. The van der Waals surface area contributed by atoms with Crippen molar-refractivity contribution in [3.05, 3.63) is 77.9 Å². The van der Waals surface area contributed by atoms with Crippen LogP contribution in [0.3, 0.4) is 0 Å². The summed E-state index contributed by atoms with van der Waals surface area (Å²) in [4.78, 5) is 17.4. The van der Waals surface area contributed by atoms with Gasteiger partial charge >= 0.3 is 0 Å². The number of nitrogens with two attached hydrogens (primary N) is 1. The Morgan fingerprint density at radius 3 is 2.38 bits per heavy atom. The van der Waals surface area contributed by atoms with Crippen molar-refractivity contribution >= 4 is 38.7 Å². The number of carbonyl (C=O) groups is 1. The molecule has 3 aromatic rings. The molecule has 0 bridgehead atoms. The van der Waals surface area contributed by atoms with E-state index in [9.17, 15) is 13.2 Å². The smallest absolute Gasteiger partial charge is 0.257 e. The summed E-state index contributed by atoms with van der Waals surface area (Å²) in [6.45, 7) is 3.22. The van der Waals surface area contributed by atoms with Gasteiger partial charge in [-0.2, -0.15) is 0 Å². The third kappa shape index (κ3) is 4.50. The van der Waals surface area contributed by atoms with Gasteiger partial charge in [-0.15, -0.1) is 0 Å². The zero-order valence-corrected chi connectivity index (χ0v) is 19.4. The molecule has 1 saturated heterocycles. The Bertz CT molecular complexity index is 1320. The lowest BCUT2D eigenvalue weighted by atomic mass is 10.1. The summed E-state index contributed by atoms with van der Waals surface area (Å²) in [5, 5.41) is 8.22. The number of hydrogen-bond acceptors (Lipinski definition) is 6. The largest absolute Gasteiger partial charge is 0.378 e. The van der Waals surface area contributed by atoms with Crippen molar-refractivity contribution in [2.45, 2.75) is 11.3 Å². The van der Waals surface area contributed by atoms with Crippen molar-refractivity contribution in [3.8, 4) is 0 Å². The van der Waals surface area contributed by atoms with Crippen molar-refractivity contribution in [2.24, 2.45) is 5.14 Å². The number of sulfonamides is 1. The lowest BCUT2D eigenvalue weighted by Gasteiger charge is -2.30. The topological polar surface area (TPSA) is 105 Å². The molecule has 176 valence electrons. The molecule has 1 fully saturated rings. The fourth-order valence-electron chi connectivity index (χ4n) is 4.48. The number of morpholine rings is 1. The molecule has 0 aliphatic carbocycles. The molecule has 0 atom stereocenters. The van der Waals surface area contributed by atoms with Gasteiger partial charge in [0.25, 0.3) is 5.91 Å². The predicted molar refractivity (Wildman–Crippen MR) is 132 cm³/mol. The van der Waals surface area contributed by atoms with Crippen LogP contribution in [0, 0.1) is 0 Å². The molecule has 3 aromatic carbocycles. The van der Waals surface area contributed by atoms with Crippen LogP contribution in [0.4, 0.5) is 22.7 Å². The van der Waals surface area contributed by atoms with E-state index in [-0.39, 0.29) is 10.5 Å². The first-order valence-electron chi connectivity index (χ1n) is 11.2. The van der Waals surface area contributed by atoms with Crippen molar-refractivity contribution in [1.82, 2.24) is 0 Å². The number of nitrogens with zero attached hydrogens (tertiary/aromatic N) is 2. The second kappa shape index (κ2) is 9.09. The zero-order valence-electron chi connectivity index (χ0n) is 18.6. The van der Waals surface area contributed by atoms with Gasteiger partial charge in [0.05, 0.1) is 23.7 Å². The van der Waals surface area contributed by atoms with Crippen LogP contribution in [-0.2, 0) is 21.2 Å². The summed E-state index contributed by atoms with van der Waals surface area (Å²) < 4.78 is 29.2. The number of primary sulfonamides is 1. The standard InChI is InChI=1S/C25H26N4O4S/c26-34(31,32)21-9-10-24(28-13-15-33-16-14-28)22(17-21)25(30)27-19-5-7-20(8-6-19)29-12-11-18-3-1-2-4-23(18)29/h1-10,17H,11-16H2,(H,27,30)(H2,26,31,32). The van der Waals surface area contributed by atoms with Gasteiger partial charge in [-0.3, -0.25) is 4.79 Å². The monoisotopic (exact) mass is 478 g/mol. The molecule has 3 N–H and O–H groups in total. The number of rotatable bonds is 5. The van der Waals surface area contributed by atoms with Gasteiger partial charge in [0, 0.05) is 42.4 Å². The molecule has 0 aromatic heterocycles. The lowest BCUT2D eigenvalue weighted by Crippen LogP contribution is -2.37. The second-order valence-corrected chi connectivity index (χ2v) is 9.92. The summed E-state index contributed by atoms with van der Waals surface area (Å²) in [5.41, 5.74) is 5.10. The third-order valence-corrected chi connectivity index (χ3v) is 7.13. The highest BCUT2D eigenvalue weighted by Crippen LogP contribution is 2.34. The first kappa shape index (κ1) is 22.4. The minimum Gasteiger partial charge on any atom is -0.378 e. The molecule has 0 spiro atoms. The Hall–Kier alpha value is -3.40. The Morgan fingerprint density at radius 1 is 0.912 bits per heavy atom. The van der Waals surface area contributed by atoms with Crippen LogP contribution in [0.15, 0.2) is 71.6 Å². The molecule has 1 amide bonds. The Labute approximate surface area is 199 Å². The van der Waals surface area contributed by atoms with Gasteiger partial charge < -0.3 is 19.9 Å². The SMILES string of the molecule is NS(=O)(=O)c1ccc(N2CCOCC2)c(C(=O)Nc2ccc(N3CCc4ccccc43)cc2)c1. The van der Waals surface area contributed by atoms with Crippen LogP contribution in [0.5, 0.6) is 0 Å². The van der Waals surface area contributed by atoms with Gasteiger partial charge in [0.15, 0.2) is 0 Å². The van der Waals surface area contributed by atoms with E-state index in [1.807, 2.05) is 35.2 Å². The first-order chi connectivity index (χ1) is 16.4. The summed E-state index contributed by atoms with van der Waals surface area (Å²) in [7, 11) is -3.95. The van der Waals surface area contributed by atoms with Crippen LogP contribution in [0.25, 0.3) is 0 Å². The predicted octanol–water partition coefficient (Wildman–Crippen LogP) is 3.12. The van der Waals surface area contributed by atoms with Crippen molar-refractivity contribution in [2.75, 3.05) is 48.0 Å². The van der Waals surface area contributed by atoms with Gasteiger partial charge in [0.2, 0.25) is 10.0 Å². The fraction of sp³-hybridized carbons (Fsp3) is 0.240. The quantitative estimate of drug-likeness (QED) is 0.584. The number of anilines is 4. The van der Waals surface area contributed by atoms with Crippen molar-refractivity contribution in [1.29, 1.82) is 0 Å². The molecule has 2 aliphatic heterocycles. The van der Waals surface area contributed by atoms with Crippen LogP contribution in [0.1, 0.15) is 15.9 Å². The molecule has 9 heteroatoms. The molecular formula is C25H26N4O4S. The normalized spacial score (nSPS) is 15.8. The van der Waals surface area contributed by atoms with E-state index in [4.69, 9.17) is 9.88 Å². The third-order valence-electron chi connectivity index (χ3n) is 6.22.